The summed E-state index contributed by atoms with van der Waals surface area (Å²) in [5.41, 5.74) is 2.09. The minimum atomic E-state index is -0.868. The Morgan fingerprint density at radius 3 is 2.69 bits per heavy atom. The quantitative estimate of drug-likeness (QED) is 0.321. The lowest BCUT2D eigenvalue weighted by Crippen LogP contribution is -2.08. The molecule has 0 saturated carbocycles. The second kappa shape index (κ2) is 11.8. The minimum Gasteiger partial charge on any atom is -0.507 e. The molecule has 1 unspecified atom stereocenters. The van der Waals surface area contributed by atoms with E-state index in [0.717, 1.165) is 50.5 Å². The normalized spacial score (nSPS) is 16.2. The average Bonchev–Trinajstić information content (AvgIpc) is 2.55. The second-order valence-electron chi connectivity index (χ2n) is 6.74. The van der Waals surface area contributed by atoms with E-state index in [-0.39, 0.29) is 11.7 Å². The van der Waals surface area contributed by atoms with Gasteiger partial charge in [0.2, 0.25) is 0 Å². The van der Waals surface area contributed by atoms with E-state index < -0.39 is 5.43 Å². The zero-order chi connectivity index (χ0) is 19.5. The number of benzene rings is 1. The molecule has 0 bridgehead atoms. The molecular weight excluding hydrogens is 348 g/mol. The smallest absolute Gasteiger partial charge is 0.409 e. The van der Waals surface area contributed by atoms with Crippen molar-refractivity contribution >= 4 is 17.0 Å². The summed E-state index contributed by atoms with van der Waals surface area (Å²) in [4.78, 5) is 11.2. The molecule has 1 atom stereocenters. The van der Waals surface area contributed by atoms with E-state index in [1.165, 1.54) is 5.57 Å². The van der Waals surface area contributed by atoms with Crippen molar-refractivity contribution in [3.8, 4) is 11.5 Å². The minimum absolute atomic E-state index is 0.0689. The summed E-state index contributed by atoms with van der Waals surface area (Å²) in [5, 5.41) is 10.5. The zero-order valence-corrected chi connectivity index (χ0v) is 16.9. The third-order valence-electron chi connectivity index (χ3n) is 4.38. The molecular formula is C22H31ClO3. The van der Waals surface area contributed by atoms with Crippen LogP contribution in [-0.2, 0) is 6.42 Å². The summed E-state index contributed by atoms with van der Waals surface area (Å²) in [6.07, 6.45) is 11.2. The first-order valence-electron chi connectivity index (χ1n) is 9.40. The summed E-state index contributed by atoms with van der Waals surface area (Å²) in [6, 6.07) is 3.65. The summed E-state index contributed by atoms with van der Waals surface area (Å²) < 4.78 is 5.20. The number of carbonyl (C=O) groups excluding carboxylic acids is 1. The van der Waals surface area contributed by atoms with Crippen LogP contribution in [0.4, 0.5) is 4.79 Å². The number of hydrogen-bond acceptors (Lipinski definition) is 3. The van der Waals surface area contributed by atoms with Gasteiger partial charge in [0.1, 0.15) is 11.5 Å². The Labute approximate surface area is 162 Å². The molecule has 3 nitrogen and oxygen atoms in total. The monoisotopic (exact) mass is 378 g/mol. The van der Waals surface area contributed by atoms with Gasteiger partial charge in [-0.15, -0.1) is 6.58 Å². The average molecular weight is 379 g/mol. The van der Waals surface area contributed by atoms with Gasteiger partial charge >= 0.3 is 5.43 Å². The second-order valence-corrected chi connectivity index (χ2v) is 7.05. The third-order valence-corrected chi connectivity index (χ3v) is 4.46. The molecule has 1 aliphatic carbocycles. The Balaban J connectivity index is 0.00000105. The number of phenols is 1. The first kappa shape index (κ1) is 22.3. The van der Waals surface area contributed by atoms with Gasteiger partial charge in [-0.25, -0.2) is 4.79 Å². The highest BCUT2D eigenvalue weighted by Gasteiger charge is 2.23. The van der Waals surface area contributed by atoms with E-state index in [9.17, 15) is 9.90 Å². The van der Waals surface area contributed by atoms with Crippen LogP contribution in [0.25, 0.3) is 0 Å². The topological polar surface area (TPSA) is 46.5 Å². The third kappa shape index (κ3) is 7.25. The number of ether oxygens (including phenoxy) is 1. The molecule has 1 aromatic carbocycles. The van der Waals surface area contributed by atoms with Gasteiger partial charge in [0.15, 0.2) is 0 Å². The van der Waals surface area contributed by atoms with E-state index in [0.29, 0.717) is 11.3 Å². The Bertz CT molecular complexity index is 635. The highest BCUT2D eigenvalue weighted by atomic mass is 35.5. The molecule has 1 aromatic rings. The molecule has 1 N–H and O–H groups in total. The number of aryl methyl sites for hydroxylation is 1. The fourth-order valence-corrected chi connectivity index (χ4v) is 3.36. The lowest BCUT2D eigenvalue weighted by Gasteiger charge is -2.23. The largest absolute Gasteiger partial charge is 0.507 e. The SMILES string of the molecule is C=CC.CCCCCc1cc(O)c(C2C=C(C)CCC2)c(OC(=O)Cl)c1. The molecule has 0 spiro atoms. The molecule has 0 saturated heterocycles. The fraction of sp³-hybridized carbons (Fsp3) is 0.500. The van der Waals surface area contributed by atoms with E-state index in [1.54, 1.807) is 12.1 Å². The lowest BCUT2D eigenvalue weighted by molar-refractivity contribution is 0.225. The number of phenolic OH excluding ortho intramolecular Hbond substituents is 1. The predicted molar refractivity (Wildman–Crippen MR) is 109 cm³/mol. The number of allylic oxidation sites excluding steroid dienone is 3. The van der Waals surface area contributed by atoms with Crippen molar-refractivity contribution in [1.82, 2.24) is 0 Å². The summed E-state index contributed by atoms with van der Waals surface area (Å²) in [7, 11) is 0. The standard InChI is InChI=1S/C19H25ClO3.C3H6/c1-3-4-5-8-14-11-16(21)18(17(12-14)23-19(20)22)15-9-6-7-13(2)10-15;1-3-2/h10-12,15,21H,3-9H2,1-2H3;3H,1H2,2H3. The van der Waals surface area contributed by atoms with E-state index in [1.807, 2.05) is 13.0 Å². The maximum atomic E-state index is 11.2. The number of unbranched alkanes of at least 4 members (excludes halogenated alkanes) is 2. The van der Waals surface area contributed by atoms with Crippen LogP contribution in [0.5, 0.6) is 11.5 Å². The van der Waals surface area contributed by atoms with Crippen LogP contribution >= 0.6 is 11.6 Å². The van der Waals surface area contributed by atoms with E-state index >= 15 is 0 Å². The van der Waals surface area contributed by atoms with Crippen LogP contribution in [0.15, 0.2) is 36.4 Å². The maximum absolute atomic E-state index is 11.2. The van der Waals surface area contributed by atoms with Crippen molar-refractivity contribution in [2.45, 2.75) is 71.6 Å². The molecule has 0 heterocycles. The lowest BCUT2D eigenvalue weighted by atomic mass is 9.84. The molecule has 2 rings (SSSR count). The van der Waals surface area contributed by atoms with Gasteiger partial charge in [-0.3, -0.25) is 0 Å². The van der Waals surface area contributed by atoms with Gasteiger partial charge in [0, 0.05) is 23.1 Å². The van der Waals surface area contributed by atoms with Crippen molar-refractivity contribution in [2.24, 2.45) is 0 Å². The van der Waals surface area contributed by atoms with Gasteiger partial charge in [-0.1, -0.05) is 37.5 Å². The van der Waals surface area contributed by atoms with Crippen molar-refractivity contribution in [1.29, 1.82) is 0 Å². The van der Waals surface area contributed by atoms with Crippen molar-refractivity contribution in [2.75, 3.05) is 0 Å². The Morgan fingerprint density at radius 2 is 2.12 bits per heavy atom. The van der Waals surface area contributed by atoms with Crippen LogP contribution in [0.2, 0.25) is 0 Å². The van der Waals surface area contributed by atoms with E-state index in [4.69, 9.17) is 16.3 Å². The molecule has 0 aliphatic heterocycles. The highest BCUT2D eigenvalue weighted by molar-refractivity contribution is 6.61. The zero-order valence-electron chi connectivity index (χ0n) is 16.2. The van der Waals surface area contributed by atoms with Gasteiger partial charge < -0.3 is 9.84 Å². The number of rotatable bonds is 6. The van der Waals surface area contributed by atoms with Gasteiger partial charge in [-0.05, 0) is 63.6 Å². The van der Waals surface area contributed by atoms with E-state index in [2.05, 4.69) is 26.5 Å². The molecule has 0 radical (unpaired) electrons. The molecule has 26 heavy (non-hydrogen) atoms. The van der Waals surface area contributed by atoms with Crippen LogP contribution in [0.1, 0.15) is 76.3 Å². The summed E-state index contributed by atoms with van der Waals surface area (Å²) >= 11 is 5.43. The molecule has 144 valence electrons. The fourth-order valence-electron chi connectivity index (χ4n) is 3.27. The number of halogens is 1. The van der Waals surface area contributed by atoms with Crippen molar-refractivity contribution in [3.63, 3.8) is 0 Å². The van der Waals surface area contributed by atoms with Crippen LogP contribution in [0.3, 0.4) is 0 Å². The van der Waals surface area contributed by atoms with Crippen LogP contribution in [0, 0.1) is 0 Å². The Hall–Kier alpha value is -1.74. The molecule has 4 heteroatoms. The van der Waals surface area contributed by atoms with Gasteiger partial charge in [0.25, 0.3) is 0 Å². The number of hydrogen-bond donors (Lipinski definition) is 1. The van der Waals surface area contributed by atoms with Crippen molar-refractivity contribution < 1.29 is 14.6 Å². The highest BCUT2D eigenvalue weighted by Crippen LogP contribution is 2.42. The number of aromatic hydroxyl groups is 1. The maximum Gasteiger partial charge on any atom is 0.409 e. The molecule has 0 fully saturated rings. The molecule has 0 aromatic heterocycles. The first-order valence-corrected chi connectivity index (χ1v) is 9.78. The van der Waals surface area contributed by atoms with Crippen LogP contribution in [-0.4, -0.2) is 10.5 Å². The predicted octanol–water partition coefficient (Wildman–Crippen LogP) is 7.27. The van der Waals surface area contributed by atoms with Crippen LogP contribution < -0.4 is 4.74 Å². The molecule has 0 amide bonds. The molecule has 1 aliphatic rings. The first-order chi connectivity index (χ1) is 12.4. The Kier molecular flexibility index (Phi) is 10.1. The van der Waals surface area contributed by atoms with Crippen molar-refractivity contribution in [3.05, 3.63) is 47.6 Å². The number of carbonyl (C=O) groups is 1. The van der Waals surface area contributed by atoms with Gasteiger partial charge in [-0.2, -0.15) is 0 Å². The van der Waals surface area contributed by atoms with Gasteiger partial charge in [0.05, 0.1) is 0 Å². The summed E-state index contributed by atoms with van der Waals surface area (Å²) in [6.45, 7) is 9.49. The Morgan fingerprint density at radius 1 is 1.42 bits per heavy atom. The summed E-state index contributed by atoms with van der Waals surface area (Å²) in [5.74, 6) is 0.662.